The first kappa shape index (κ1) is 24.5. The third-order valence-corrected chi connectivity index (χ3v) is 5.63. The van der Waals surface area contributed by atoms with Gasteiger partial charge in [0.25, 0.3) is 0 Å². The molecule has 2 atom stereocenters. The Balaban J connectivity index is 0.000000709. The predicted octanol–water partition coefficient (Wildman–Crippen LogP) is 1.58. The van der Waals surface area contributed by atoms with E-state index in [0.717, 1.165) is 25.1 Å². The van der Waals surface area contributed by atoms with Gasteiger partial charge in [-0.1, -0.05) is 20.8 Å². The Morgan fingerprint density at radius 3 is 1.91 bits per heavy atom. The molecule has 0 radical (unpaired) electrons. The van der Waals surface area contributed by atoms with Gasteiger partial charge in [-0.05, 0) is 38.0 Å². The third kappa shape index (κ3) is 5.49. The SMILES string of the molecule is CC[NH+](C=C1C(=O)C2(C)CCC1C2(C)C)CC.[Cl-].[Cl][Pt]([Cl])([Cl])[Cl]. The summed E-state index contributed by atoms with van der Waals surface area (Å²) in [6.45, 7) is 13.2. The Kier molecular flexibility index (Phi) is 9.52. The van der Waals surface area contributed by atoms with Crippen LogP contribution in [0.5, 0.6) is 0 Å². The van der Waals surface area contributed by atoms with E-state index in [-0.39, 0.29) is 23.2 Å². The average molecular weight is 609 g/mol. The molecule has 1 N–H and O–H groups in total. The fraction of sp³-hybridized carbons (Fsp3) is 0.800. The van der Waals surface area contributed by atoms with Crippen LogP contribution in [-0.2, 0) is 16.7 Å². The molecule has 0 amide bonds. The molecule has 0 saturated heterocycles. The second kappa shape index (κ2) is 8.94. The Hall–Kier alpha value is 1.51. The Morgan fingerprint density at radius 2 is 1.61 bits per heavy atom. The van der Waals surface area contributed by atoms with Gasteiger partial charge in [-0.2, -0.15) is 0 Å². The first-order chi connectivity index (χ1) is 9.88. The van der Waals surface area contributed by atoms with Crippen LogP contribution in [0.2, 0.25) is 0 Å². The molecule has 0 aliphatic heterocycles. The Labute approximate surface area is 165 Å². The van der Waals surface area contributed by atoms with Crippen molar-refractivity contribution in [1.29, 1.82) is 0 Å². The molecule has 0 heterocycles. The number of quaternary nitrogens is 1. The van der Waals surface area contributed by atoms with Gasteiger partial charge in [0.15, 0.2) is 5.78 Å². The van der Waals surface area contributed by atoms with E-state index in [4.69, 9.17) is 37.7 Å². The summed E-state index contributed by atoms with van der Waals surface area (Å²) in [4.78, 5) is 14.0. The maximum absolute atomic E-state index is 12.6. The molecule has 2 rings (SSSR count). The van der Waals surface area contributed by atoms with Crippen LogP contribution in [-0.4, -0.2) is 18.9 Å². The number of ketones is 1. The molecule has 2 unspecified atom stereocenters. The molecule has 2 aliphatic carbocycles. The first-order valence-corrected chi connectivity index (χ1v) is 18.7. The zero-order valence-corrected chi connectivity index (χ0v) is 20.1. The summed E-state index contributed by atoms with van der Waals surface area (Å²) in [6.07, 6.45) is 4.50. The number of halogens is 5. The van der Waals surface area contributed by atoms with Gasteiger partial charge in [0.2, 0.25) is 0 Å². The monoisotopic (exact) mass is 606 g/mol. The topological polar surface area (TPSA) is 21.5 Å². The fourth-order valence-electron chi connectivity index (χ4n) is 3.77. The van der Waals surface area contributed by atoms with Crippen molar-refractivity contribution in [2.75, 3.05) is 13.1 Å². The van der Waals surface area contributed by atoms with Crippen LogP contribution < -0.4 is 17.3 Å². The molecular weight excluding hydrogens is 583 g/mol. The normalized spacial score (nSPS) is 31.0. The second-order valence-electron chi connectivity index (χ2n) is 6.71. The van der Waals surface area contributed by atoms with Crippen LogP contribution in [0.3, 0.4) is 0 Å². The quantitative estimate of drug-likeness (QED) is 0.484. The number of nitrogens with one attached hydrogen (secondary N) is 1. The third-order valence-electron chi connectivity index (χ3n) is 5.63. The van der Waals surface area contributed by atoms with Crippen LogP contribution in [0.15, 0.2) is 11.8 Å². The number of allylic oxidation sites excluding steroid dienone is 1. The molecule has 2 fully saturated rings. The van der Waals surface area contributed by atoms with E-state index < -0.39 is 11.9 Å². The van der Waals surface area contributed by atoms with Gasteiger partial charge in [0.1, 0.15) is 6.20 Å². The summed E-state index contributed by atoms with van der Waals surface area (Å²) < 4.78 is 0. The Bertz CT molecular complexity index is 453. The van der Waals surface area contributed by atoms with Gasteiger partial charge >= 0.3 is 49.6 Å². The van der Waals surface area contributed by atoms with Crippen LogP contribution in [0.1, 0.15) is 47.5 Å². The number of hydrogen-bond donors (Lipinski definition) is 1. The zero-order valence-electron chi connectivity index (χ0n) is 14.1. The standard InChI is InChI=1S/C15H25NO.5ClH.Pt/c1-6-16(7-2)10-11-12-8-9-15(5,13(11)17)14(12,3)4;;;;;;/h10,12H,6-9H2,1-5H3;5*1H;/q;;;;;;+4/p-4. The second-order valence-corrected chi connectivity index (χ2v) is 26.4. The molecule has 2 nitrogen and oxygen atoms in total. The number of Topliss-reactive ketones (excluding diaryl/α,β-unsaturated/α-hetero) is 1. The number of hydrogen-bond acceptors (Lipinski definition) is 1. The van der Waals surface area contributed by atoms with Gasteiger partial charge in [-0.3, -0.25) is 4.79 Å². The van der Waals surface area contributed by atoms with Crippen molar-refractivity contribution in [3.05, 3.63) is 11.8 Å². The summed E-state index contributed by atoms with van der Waals surface area (Å²) >= 11 is -3.06. The van der Waals surface area contributed by atoms with Crippen molar-refractivity contribution in [2.45, 2.75) is 47.5 Å². The minimum atomic E-state index is -3.06. The van der Waals surface area contributed by atoms with E-state index in [1.54, 1.807) is 0 Å². The average Bonchev–Trinajstić information content (AvgIpc) is 2.67. The van der Waals surface area contributed by atoms with E-state index in [2.05, 4.69) is 40.8 Å². The summed E-state index contributed by atoms with van der Waals surface area (Å²) in [7, 11) is 20.0. The molecule has 8 heteroatoms. The number of fused-ring (bicyclic) bond motifs is 2. The van der Waals surface area contributed by atoms with Crippen molar-refractivity contribution in [2.24, 2.45) is 16.7 Å². The summed E-state index contributed by atoms with van der Waals surface area (Å²) in [6, 6.07) is 0. The summed E-state index contributed by atoms with van der Waals surface area (Å²) in [5.74, 6) is 0.922. The fourth-order valence-corrected chi connectivity index (χ4v) is 3.77. The molecule has 23 heavy (non-hydrogen) atoms. The maximum atomic E-state index is 12.6. The molecule has 2 aliphatic rings. The van der Waals surface area contributed by atoms with Gasteiger partial charge in [-0.25, -0.2) is 0 Å². The van der Waals surface area contributed by atoms with Crippen LogP contribution >= 0.6 is 37.7 Å². The van der Waals surface area contributed by atoms with E-state index in [9.17, 15) is 4.79 Å². The van der Waals surface area contributed by atoms with E-state index in [1.807, 2.05) is 0 Å². The van der Waals surface area contributed by atoms with Crippen molar-refractivity contribution in [1.82, 2.24) is 0 Å². The summed E-state index contributed by atoms with van der Waals surface area (Å²) in [5.41, 5.74) is 1.18. The first-order valence-electron chi connectivity index (χ1n) is 7.47. The molecular formula is C15H26Cl5NOPt. The van der Waals surface area contributed by atoms with Crippen LogP contribution in [0.4, 0.5) is 0 Å². The molecule has 2 bridgehead atoms. The number of carbonyl (C=O) groups is 1. The van der Waals surface area contributed by atoms with Gasteiger partial charge in [0, 0.05) is 5.41 Å². The van der Waals surface area contributed by atoms with E-state index in [1.165, 1.54) is 11.3 Å². The number of carbonyl (C=O) groups excluding carboxylic acids is 1. The van der Waals surface area contributed by atoms with E-state index >= 15 is 0 Å². The van der Waals surface area contributed by atoms with E-state index in [0.29, 0.717) is 11.7 Å². The summed E-state index contributed by atoms with van der Waals surface area (Å²) in [5, 5.41) is 0. The van der Waals surface area contributed by atoms with Gasteiger partial charge < -0.3 is 17.3 Å². The van der Waals surface area contributed by atoms with Crippen LogP contribution in [0.25, 0.3) is 0 Å². The Morgan fingerprint density at radius 1 is 1.17 bits per heavy atom. The predicted molar refractivity (Wildman–Crippen MR) is 93.2 cm³/mol. The molecule has 0 aromatic rings. The van der Waals surface area contributed by atoms with Crippen molar-refractivity contribution in [3.8, 4) is 0 Å². The number of rotatable bonds is 3. The molecule has 0 spiro atoms. The van der Waals surface area contributed by atoms with Gasteiger partial charge in [-0.15, -0.1) is 0 Å². The minimum absolute atomic E-state index is 0. The van der Waals surface area contributed by atoms with Crippen LogP contribution in [0, 0.1) is 16.7 Å². The van der Waals surface area contributed by atoms with Crippen molar-refractivity contribution >= 4 is 43.5 Å². The molecule has 142 valence electrons. The van der Waals surface area contributed by atoms with Crippen molar-refractivity contribution in [3.63, 3.8) is 0 Å². The molecule has 0 aromatic heterocycles. The molecule has 2 saturated carbocycles. The van der Waals surface area contributed by atoms with Crippen molar-refractivity contribution < 1.29 is 34.0 Å². The molecule has 0 aromatic carbocycles. The van der Waals surface area contributed by atoms with Gasteiger partial charge in [0.05, 0.1) is 18.7 Å². The zero-order chi connectivity index (χ0) is 17.3.